The number of rotatable bonds is 5. The molecule has 3 aliphatic rings. The van der Waals surface area contributed by atoms with Crippen molar-refractivity contribution in [2.24, 2.45) is 17.8 Å². The Morgan fingerprint density at radius 2 is 2.03 bits per heavy atom. The maximum Gasteiger partial charge on any atom is 0.258 e. The smallest absolute Gasteiger partial charge is 0.258 e. The van der Waals surface area contributed by atoms with Crippen LogP contribution >= 0.6 is 0 Å². The fourth-order valence-electron chi connectivity index (χ4n) is 5.60. The van der Waals surface area contributed by atoms with Gasteiger partial charge >= 0.3 is 0 Å². The zero-order chi connectivity index (χ0) is 21.4. The van der Waals surface area contributed by atoms with Crippen molar-refractivity contribution in [1.82, 2.24) is 14.4 Å². The molecule has 2 saturated heterocycles. The topological polar surface area (TPSA) is 75.0 Å². The van der Waals surface area contributed by atoms with Crippen molar-refractivity contribution in [2.45, 2.75) is 38.4 Å². The lowest BCUT2D eigenvalue weighted by Crippen LogP contribution is -2.48. The van der Waals surface area contributed by atoms with Crippen LogP contribution < -0.4 is 5.56 Å². The largest absolute Gasteiger partial charge is 0.396 e. The van der Waals surface area contributed by atoms with Crippen LogP contribution in [0.3, 0.4) is 0 Å². The van der Waals surface area contributed by atoms with E-state index in [0.717, 1.165) is 38.3 Å². The number of aromatic nitrogens is 1. The van der Waals surface area contributed by atoms with E-state index in [0.29, 0.717) is 18.0 Å². The van der Waals surface area contributed by atoms with Gasteiger partial charge in [0.25, 0.3) is 5.56 Å². The van der Waals surface area contributed by atoms with Crippen LogP contribution in [-0.2, 0) is 16.1 Å². The SMILES string of the molecule is C/C=C/c1ccc2n(c1=O)C[C@H]1[C@H](CO)[C@@H](C(=O)N(C)C)[C@@H]2N1CC1CCOCC1. The molecular weight excluding hydrogens is 382 g/mol. The number of carbonyl (C=O) groups is 1. The molecule has 4 heterocycles. The summed E-state index contributed by atoms with van der Waals surface area (Å²) in [6.07, 6.45) is 5.73. The summed E-state index contributed by atoms with van der Waals surface area (Å²) in [6.45, 7) is 4.79. The number of hydrogen-bond acceptors (Lipinski definition) is 5. The fraction of sp³-hybridized carbons (Fsp3) is 0.652. The van der Waals surface area contributed by atoms with Crippen molar-refractivity contribution in [2.75, 3.05) is 40.5 Å². The number of amides is 1. The molecule has 0 unspecified atom stereocenters. The molecule has 2 bridgehead atoms. The summed E-state index contributed by atoms with van der Waals surface area (Å²) in [5, 5.41) is 10.3. The second kappa shape index (κ2) is 8.65. The van der Waals surface area contributed by atoms with Gasteiger partial charge in [-0.1, -0.05) is 12.2 Å². The molecule has 164 valence electrons. The van der Waals surface area contributed by atoms with E-state index >= 15 is 0 Å². The van der Waals surface area contributed by atoms with Crippen LogP contribution in [0.1, 0.15) is 37.1 Å². The number of allylic oxidation sites excluding steroid dienone is 1. The van der Waals surface area contributed by atoms with Crippen LogP contribution in [0, 0.1) is 17.8 Å². The second-order valence-electron chi connectivity index (χ2n) is 9.00. The van der Waals surface area contributed by atoms with Crippen molar-refractivity contribution < 1.29 is 14.6 Å². The van der Waals surface area contributed by atoms with Crippen LogP contribution in [0.5, 0.6) is 0 Å². The summed E-state index contributed by atoms with van der Waals surface area (Å²) in [5.74, 6) is -0.00130. The first kappa shape index (κ1) is 21.3. The maximum atomic E-state index is 13.2. The van der Waals surface area contributed by atoms with Gasteiger partial charge in [-0.25, -0.2) is 0 Å². The Labute approximate surface area is 177 Å². The van der Waals surface area contributed by atoms with Crippen LogP contribution in [0.2, 0.25) is 0 Å². The Morgan fingerprint density at radius 1 is 1.30 bits per heavy atom. The molecule has 1 aromatic heterocycles. The molecule has 7 nitrogen and oxygen atoms in total. The Morgan fingerprint density at radius 3 is 2.67 bits per heavy atom. The predicted octanol–water partition coefficient (Wildman–Crippen LogP) is 1.36. The van der Waals surface area contributed by atoms with Crippen LogP contribution in [0.25, 0.3) is 6.08 Å². The van der Waals surface area contributed by atoms with Gasteiger partial charge in [0.2, 0.25) is 5.91 Å². The summed E-state index contributed by atoms with van der Waals surface area (Å²) in [5.41, 5.74) is 1.54. The number of aliphatic hydroxyl groups is 1. The molecule has 0 spiro atoms. The zero-order valence-corrected chi connectivity index (χ0v) is 18.2. The van der Waals surface area contributed by atoms with E-state index in [1.807, 2.05) is 35.8 Å². The van der Waals surface area contributed by atoms with E-state index in [2.05, 4.69) is 4.90 Å². The quantitative estimate of drug-likeness (QED) is 0.786. The zero-order valence-electron chi connectivity index (χ0n) is 18.2. The summed E-state index contributed by atoms with van der Waals surface area (Å²) in [7, 11) is 3.54. The van der Waals surface area contributed by atoms with Gasteiger partial charge in [-0.3, -0.25) is 14.5 Å². The first-order chi connectivity index (χ1) is 14.5. The monoisotopic (exact) mass is 415 g/mol. The van der Waals surface area contributed by atoms with Crippen molar-refractivity contribution in [3.63, 3.8) is 0 Å². The number of carbonyl (C=O) groups excluding carboxylic acids is 1. The minimum atomic E-state index is -0.351. The highest BCUT2D eigenvalue weighted by Gasteiger charge is 2.56. The molecule has 0 aliphatic carbocycles. The lowest BCUT2D eigenvalue weighted by molar-refractivity contribution is -0.135. The molecule has 2 fully saturated rings. The average Bonchev–Trinajstić information content (AvgIpc) is 2.94. The first-order valence-electron chi connectivity index (χ1n) is 11.0. The van der Waals surface area contributed by atoms with Gasteiger partial charge in [-0.2, -0.15) is 0 Å². The third-order valence-electron chi connectivity index (χ3n) is 7.08. The molecule has 3 aliphatic heterocycles. The number of nitrogens with zero attached hydrogens (tertiary/aromatic N) is 3. The van der Waals surface area contributed by atoms with E-state index < -0.39 is 0 Å². The van der Waals surface area contributed by atoms with Gasteiger partial charge in [0.1, 0.15) is 0 Å². The average molecular weight is 416 g/mol. The number of hydrogen-bond donors (Lipinski definition) is 1. The summed E-state index contributed by atoms with van der Waals surface area (Å²) >= 11 is 0. The summed E-state index contributed by atoms with van der Waals surface area (Å²) in [4.78, 5) is 30.4. The normalized spacial score (nSPS) is 29.3. The van der Waals surface area contributed by atoms with Crippen LogP contribution in [0.15, 0.2) is 23.0 Å². The van der Waals surface area contributed by atoms with E-state index in [-0.39, 0.29) is 42.0 Å². The van der Waals surface area contributed by atoms with Gasteiger partial charge in [-0.05, 0) is 37.8 Å². The van der Waals surface area contributed by atoms with E-state index in [4.69, 9.17) is 4.74 Å². The third kappa shape index (κ3) is 3.53. The minimum absolute atomic E-state index is 0.0130. The van der Waals surface area contributed by atoms with Crippen molar-refractivity contribution in [3.05, 3.63) is 39.8 Å². The van der Waals surface area contributed by atoms with Crippen LogP contribution in [0.4, 0.5) is 0 Å². The molecule has 1 aromatic rings. The maximum absolute atomic E-state index is 13.2. The lowest BCUT2D eigenvalue weighted by Gasteiger charge is -2.40. The number of pyridine rings is 1. The number of aliphatic hydroxyl groups excluding tert-OH is 1. The molecule has 0 radical (unpaired) electrons. The van der Waals surface area contributed by atoms with Crippen molar-refractivity contribution >= 4 is 12.0 Å². The number of ether oxygens (including phenoxy) is 1. The van der Waals surface area contributed by atoms with E-state index in [9.17, 15) is 14.7 Å². The van der Waals surface area contributed by atoms with Crippen molar-refractivity contribution in [1.29, 1.82) is 0 Å². The van der Waals surface area contributed by atoms with Crippen LogP contribution in [-0.4, -0.2) is 71.9 Å². The molecule has 1 N–H and O–H groups in total. The highest BCUT2D eigenvalue weighted by molar-refractivity contribution is 5.80. The van der Waals surface area contributed by atoms with Gasteiger partial charge < -0.3 is 19.3 Å². The Kier molecular flexibility index (Phi) is 6.14. The predicted molar refractivity (Wildman–Crippen MR) is 115 cm³/mol. The third-order valence-corrected chi connectivity index (χ3v) is 7.08. The minimum Gasteiger partial charge on any atom is -0.396 e. The highest BCUT2D eigenvalue weighted by atomic mass is 16.5. The Balaban J connectivity index is 1.79. The standard InChI is InChI=1S/C23H33N3O4/c1-4-5-16-6-7-18-21-20(23(29)24(2)3)17(14-27)19(13-26(18)22(16)28)25(21)12-15-8-10-30-11-9-15/h4-7,15,17,19-21,27H,8-14H2,1-3H3/b5-4+/t17-,19-,20+,21+/m0/s1. The highest BCUT2D eigenvalue weighted by Crippen LogP contribution is 2.49. The van der Waals surface area contributed by atoms with Gasteiger partial charge in [-0.15, -0.1) is 0 Å². The molecule has 0 aromatic carbocycles. The second-order valence-corrected chi connectivity index (χ2v) is 9.00. The fourth-order valence-corrected chi connectivity index (χ4v) is 5.60. The molecule has 1 amide bonds. The van der Waals surface area contributed by atoms with Gasteiger partial charge in [0, 0.05) is 70.2 Å². The summed E-state index contributed by atoms with van der Waals surface area (Å²) < 4.78 is 7.37. The van der Waals surface area contributed by atoms with Gasteiger partial charge in [0.05, 0.1) is 12.0 Å². The number of fused-ring (bicyclic) bond motifs is 4. The molecule has 0 saturated carbocycles. The molecule has 4 rings (SSSR count). The van der Waals surface area contributed by atoms with E-state index in [1.54, 1.807) is 19.0 Å². The first-order valence-corrected chi connectivity index (χ1v) is 11.0. The summed E-state index contributed by atoms with van der Waals surface area (Å²) in [6, 6.07) is 3.66. The Hall–Kier alpha value is -1.96. The lowest BCUT2D eigenvalue weighted by atomic mass is 9.86. The van der Waals surface area contributed by atoms with Crippen molar-refractivity contribution in [3.8, 4) is 0 Å². The molecule has 4 atom stereocenters. The molecular formula is C23H33N3O4. The molecule has 30 heavy (non-hydrogen) atoms. The molecule has 7 heteroatoms. The van der Waals surface area contributed by atoms with Gasteiger partial charge in [0.15, 0.2) is 0 Å². The Bertz CT molecular complexity index is 872. The van der Waals surface area contributed by atoms with E-state index in [1.165, 1.54) is 0 Å².